The van der Waals surface area contributed by atoms with Crippen molar-refractivity contribution >= 4 is 5.97 Å². The van der Waals surface area contributed by atoms with Gasteiger partial charge in [0.15, 0.2) is 0 Å². The van der Waals surface area contributed by atoms with Crippen LogP contribution in [0.25, 0.3) is 0 Å². The van der Waals surface area contributed by atoms with E-state index >= 15 is 0 Å². The van der Waals surface area contributed by atoms with Crippen LogP contribution in [-0.2, 0) is 9.53 Å². The van der Waals surface area contributed by atoms with Gasteiger partial charge in [-0.2, -0.15) is 0 Å². The molecule has 13 heavy (non-hydrogen) atoms. The molecule has 1 unspecified atom stereocenters. The summed E-state index contributed by atoms with van der Waals surface area (Å²) in [7, 11) is 0. The lowest BCUT2D eigenvalue weighted by Gasteiger charge is -2.19. The fourth-order valence-corrected chi connectivity index (χ4v) is 0.656. The van der Waals surface area contributed by atoms with Crippen LogP contribution in [0.2, 0.25) is 0 Å². The molecule has 0 heterocycles. The molecule has 0 N–H and O–H groups in total. The van der Waals surface area contributed by atoms with Crippen molar-refractivity contribution in [2.75, 3.05) is 0 Å². The number of carbonyl (C=O) groups excluding carboxylic acids is 1. The van der Waals surface area contributed by atoms with E-state index in [1.165, 1.54) is 0 Å². The summed E-state index contributed by atoms with van der Waals surface area (Å²) in [5.41, 5.74) is -0.456. The molecule has 1 atom stereocenters. The van der Waals surface area contributed by atoms with Gasteiger partial charge in [0.25, 0.3) is 0 Å². The van der Waals surface area contributed by atoms with Crippen LogP contribution < -0.4 is 0 Å². The zero-order valence-electron chi connectivity index (χ0n) is 8.83. The number of rotatable bonds is 3. The van der Waals surface area contributed by atoms with Gasteiger partial charge in [0.2, 0.25) is 0 Å². The predicted molar refractivity (Wildman–Crippen MR) is 54.3 cm³/mol. The Morgan fingerprint density at radius 2 is 2.00 bits per heavy atom. The Balaban J connectivity index is 4.25. The highest BCUT2D eigenvalue weighted by Gasteiger charge is 2.24. The maximum absolute atomic E-state index is 11.4. The number of ether oxygens (including phenoxy) is 1. The molecule has 74 valence electrons. The van der Waals surface area contributed by atoms with Gasteiger partial charge in [0.05, 0.1) is 5.41 Å². The SMILES string of the molecule is C=CC(/C=C/C)OC(=O)C(C)(C)C. The average molecular weight is 182 g/mol. The summed E-state index contributed by atoms with van der Waals surface area (Å²) in [6.45, 7) is 10.9. The van der Waals surface area contributed by atoms with Gasteiger partial charge in [-0.3, -0.25) is 4.79 Å². The minimum absolute atomic E-state index is 0.212. The first kappa shape index (κ1) is 11.9. The van der Waals surface area contributed by atoms with Crippen LogP contribution in [0.3, 0.4) is 0 Å². The van der Waals surface area contributed by atoms with Gasteiger partial charge in [-0.25, -0.2) is 0 Å². The fourth-order valence-electron chi connectivity index (χ4n) is 0.656. The standard InChI is InChI=1S/C11H18O2/c1-6-8-9(7-2)13-10(12)11(3,4)5/h6-9H,2H2,1,3-5H3/b8-6+. The zero-order valence-corrected chi connectivity index (χ0v) is 8.83. The van der Waals surface area contributed by atoms with Crippen molar-refractivity contribution in [2.45, 2.75) is 33.8 Å². The summed E-state index contributed by atoms with van der Waals surface area (Å²) in [5, 5.41) is 0. The summed E-state index contributed by atoms with van der Waals surface area (Å²) in [6, 6.07) is 0. The molecule has 2 heteroatoms. The van der Waals surface area contributed by atoms with Crippen molar-refractivity contribution in [3.8, 4) is 0 Å². The smallest absolute Gasteiger partial charge is 0.312 e. The second-order valence-electron chi connectivity index (χ2n) is 3.88. The van der Waals surface area contributed by atoms with Gasteiger partial charge < -0.3 is 4.74 Å². The summed E-state index contributed by atoms with van der Waals surface area (Å²) in [4.78, 5) is 11.4. The van der Waals surface area contributed by atoms with Crippen molar-refractivity contribution < 1.29 is 9.53 Å². The first-order valence-corrected chi connectivity index (χ1v) is 4.38. The van der Waals surface area contributed by atoms with Crippen molar-refractivity contribution in [3.05, 3.63) is 24.8 Å². The van der Waals surface area contributed by atoms with Crippen LogP contribution in [0.5, 0.6) is 0 Å². The van der Waals surface area contributed by atoms with Gasteiger partial charge >= 0.3 is 5.97 Å². The topological polar surface area (TPSA) is 26.3 Å². The normalized spacial score (nSPS) is 14.2. The molecule has 2 nitrogen and oxygen atoms in total. The minimum Gasteiger partial charge on any atom is -0.453 e. The molecule has 0 rings (SSSR count). The Hall–Kier alpha value is -1.05. The first-order valence-electron chi connectivity index (χ1n) is 4.38. The lowest BCUT2D eigenvalue weighted by Crippen LogP contribution is -2.26. The van der Waals surface area contributed by atoms with Crippen LogP contribution in [0.4, 0.5) is 0 Å². The lowest BCUT2D eigenvalue weighted by atomic mass is 9.97. The van der Waals surface area contributed by atoms with E-state index in [1.807, 2.05) is 33.8 Å². The average Bonchev–Trinajstić information content (AvgIpc) is 2.01. The lowest BCUT2D eigenvalue weighted by molar-refractivity contribution is -0.154. The van der Waals surface area contributed by atoms with Crippen LogP contribution in [0.1, 0.15) is 27.7 Å². The highest BCUT2D eigenvalue weighted by atomic mass is 16.5. The molecule has 0 saturated heterocycles. The van der Waals surface area contributed by atoms with Crippen molar-refractivity contribution in [3.63, 3.8) is 0 Å². The Kier molecular flexibility index (Phi) is 4.46. The van der Waals surface area contributed by atoms with Crippen LogP contribution in [0.15, 0.2) is 24.8 Å². The summed E-state index contributed by atoms with van der Waals surface area (Å²) in [5.74, 6) is -0.212. The van der Waals surface area contributed by atoms with Crippen LogP contribution in [-0.4, -0.2) is 12.1 Å². The van der Waals surface area contributed by atoms with E-state index in [2.05, 4.69) is 6.58 Å². The number of carbonyl (C=O) groups is 1. The van der Waals surface area contributed by atoms with E-state index in [1.54, 1.807) is 12.2 Å². The number of allylic oxidation sites excluding steroid dienone is 1. The summed E-state index contributed by atoms with van der Waals surface area (Å²) in [6.07, 6.45) is 4.92. The molecule has 0 aromatic heterocycles. The molecule has 0 aliphatic rings. The van der Waals surface area contributed by atoms with Crippen molar-refractivity contribution in [1.82, 2.24) is 0 Å². The highest BCUT2D eigenvalue weighted by Crippen LogP contribution is 2.16. The van der Waals surface area contributed by atoms with Crippen LogP contribution in [0, 0.1) is 5.41 Å². The summed E-state index contributed by atoms with van der Waals surface area (Å²) < 4.78 is 5.16. The molecular weight excluding hydrogens is 164 g/mol. The van der Waals surface area contributed by atoms with Gasteiger partial charge in [-0.05, 0) is 39.8 Å². The Bertz CT molecular complexity index is 209. The van der Waals surface area contributed by atoms with E-state index in [0.717, 1.165) is 0 Å². The van der Waals surface area contributed by atoms with Crippen molar-refractivity contribution in [2.24, 2.45) is 5.41 Å². The molecule has 0 aliphatic carbocycles. The predicted octanol–water partition coefficient (Wildman–Crippen LogP) is 2.71. The second-order valence-corrected chi connectivity index (χ2v) is 3.88. The van der Waals surface area contributed by atoms with E-state index in [4.69, 9.17) is 4.74 Å². The Morgan fingerprint density at radius 1 is 1.46 bits per heavy atom. The Morgan fingerprint density at radius 3 is 2.31 bits per heavy atom. The van der Waals surface area contributed by atoms with Crippen LogP contribution >= 0.6 is 0 Å². The van der Waals surface area contributed by atoms with E-state index in [0.29, 0.717) is 0 Å². The third-order valence-electron chi connectivity index (χ3n) is 1.47. The molecule has 0 amide bonds. The summed E-state index contributed by atoms with van der Waals surface area (Å²) >= 11 is 0. The number of hydrogen-bond donors (Lipinski definition) is 0. The highest BCUT2D eigenvalue weighted by molar-refractivity contribution is 5.75. The molecular formula is C11H18O2. The maximum atomic E-state index is 11.4. The fraction of sp³-hybridized carbons (Fsp3) is 0.545. The maximum Gasteiger partial charge on any atom is 0.312 e. The van der Waals surface area contributed by atoms with Gasteiger partial charge in [-0.1, -0.05) is 12.7 Å². The molecule has 0 radical (unpaired) electrons. The zero-order chi connectivity index (χ0) is 10.5. The third kappa shape index (κ3) is 4.51. The monoisotopic (exact) mass is 182 g/mol. The van der Waals surface area contributed by atoms with Gasteiger partial charge in [0, 0.05) is 0 Å². The largest absolute Gasteiger partial charge is 0.453 e. The molecule has 0 saturated carbocycles. The van der Waals surface area contributed by atoms with Crippen molar-refractivity contribution in [1.29, 1.82) is 0 Å². The van der Waals surface area contributed by atoms with Gasteiger partial charge in [0.1, 0.15) is 6.10 Å². The minimum atomic E-state index is -0.456. The quantitative estimate of drug-likeness (QED) is 0.495. The molecule has 0 aromatic rings. The van der Waals surface area contributed by atoms with E-state index in [-0.39, 0.29) is 12.1 Å². The van der Waals surface area contributed by atoms with Gasteiger partial charge in [-0.15, -0.1) is 0 Å². The molecule has 0 aliphatic heterocycles. The number of esters is 1. The molecule has 0 fully saturated rings. The molecule has 0 aromatic carbocycles. The second kappa shape index (κ2) is 4.85. The number of hydrogen-bond acceptors (Lipinski definition) is 2. The molecule has 0 bridgehead atoms. The van der Waals surface area contributed by atoms with E-state index in [9.17, 15) is 4.79 Å². The third-order valence-corrected chi connectivity index (χ3v) is 1.47. The molecule has 0 spiro atoms. The first-order chi connectivity index (χ1) is 5.91. The van der Waals surface area contributed by atoms with E-state index < -0.39 is 5.41 Å². The Labute approximate surface area is 80.3 Å².